The van der Waals surface area contributed by atoms with Crippen molar-refractivity contribution in [1.29, 1.82) is 0 Å². The quantitative estimate of drug-likeness (QED) is 0.469. The van der Waals surface area contributed by atoms with Crippen LogP contribution >= 0.6 is 0 Å². The molecule has 0 aromatic rings. The maximum atomic E-state index is 10.8. The summed E-state index contributed by atoms with van der Waals surface area (Å²) in [7, 11) is -3.66. The van der Waals surface area contributed by atoms with E-state index in [1.165, 1.54) is 0 Å². The van der Waals surface area contributed by atoms with Crippen LogP contribution in [0.25, 0.3) is 0 Å². The van der Waals surface area contributed by atoms with Gasteiger partial charge in [-0.05, 0) is 5.41 Å². The Kier molecular flexibility index (Phi) is 3.04. The summed E-state index contributed by atoms with van der Waals surface area (Å²) in [6.07, 6.45) is 0. The molecular weight excluding hydrogens is 168 g/mol. The second-order valence-electron chi connectivity index (χ2n) is 3.46. The third-order valence-electron chi connectivity index (χ3n) is 0.796. The fourth-order valence-electron chi connectivity index (χ4n) is 0.624. The Morgan fingerprint density at radius 2 is 1.82 bits per heavy atom. The zero-order valence-corrected chi connectivity index (χ0v) is 7.64. The molecule has 0 saturated heterocycles. The molecule has 0 bridgehead atoms. The molecule has 0 radical (unpaired) electrons. The molecule has 0 aliphatic heterocycles. The standard InChI is InChI=1S/C6H12O4S/c1-6(2,3)4-11(8,9)10-5-7/h5H,4H2,1-3H3. The molecular formula is C6H12O4S. The first-order valence-electron chi connectivity index (χ1n) is 3.11. The molecule has 0 fully saturated rings. The minimum atomic E-state index is -3.66. The minimum Gasteiger partial charge on any atom is -0.348 e. The SMILES string of the molecule is CC(C)(C)CS(=O)(=O)OC=O. The topological polar surface area (TPSA) is 60.4 Å². The maximum Gasteiger partial charge on any atom is 0.311 e. The van der Waals surface area contributed by atoms with Gasteiger partial charge in [-0.25, -0.2) is 0 Å². The van der Waals surface area contributed by atoms with Crippen LogP contribution in [0.15, 0.2) is 0 Å². The lowest BCUT2D eigenvalue weighted by atomic mass is 10.0. The van der Waals surface area contributed by atoms with E-state index < -0.39 is 10.1 Å². The number of carbonyl (C=O) groups is 1. The van der Waals surface area contributed by atoms with Crippen molar-refractivity contribution in [3.05, 3.63) is 0 Å². The molecule has 5 heteroatoms. The van der Waals surface area contributed by atoms with Crippen LogP contribution in [-0.4, -0.2) is 20.6 Å². The van der Waals surface area contributed by atoms with Crippen molar-refractivity contribution in [3.8, 4) is 0 Å². The maximum absolute atomic E-state index is 10.8. The Morgan fingerprint density at radius 3 is 2.09 bits per heavy atom. The lowest BCUT2D eigenvalue weighted by Crippen LogP contribution is -2.22. The van der Waals surface area contributed by atoms with Gasteiger partial charge in [-0.15, -0.1) is 0 Å². The molecule has 0 rings (SSSR count). The highest BCUT2D eigenvalue weighted by atomic mass is 32.2. The summed E-state index contributed by atoms with van der Waals surface area (Å²) in [5.41, 5.74) is -0.387. The van der Waals surface area contributed by atoms with Crippen molar-refractivity contribution < 1.29 is 17.4 Å². The Morgan fingerprint density at radius 1 is 1.36 bits per heavy atom. The van der Waals surface area contributed by atoms with E-state index in [9.17, 15) is 13.2 Å². The average molecular weight is 180 g/mol. The summed E-state index contributed by atoms with van der Waals surface area (Å²) in [5, 5.41) is 0. The summed E-state index contributed by atoms with van der Waals surface area (Å²) in [5.74, 6) is -0.154. The van der Waals surface area contributed by atoms with E-state index in [0.29, 0.717) is 0 Å². The first-order valence-corrected chi connectivity index (χ1v) is 4.69. The third-order valence-corrected chi connectivity index (χ3v) is 2.39. The van der Waals surface area contributed by atoms with Gasteiger partial charge in [0.1, 0.15) is 0 Å². The molecule has 11 heavy (non-hydrogen) atoms. The van der Waals surface area contributed by atoms with E-state index >= 15 is 0 Å². The number of rotatable bonds is 3. The van der Waals surface area contributed by atoms with Gasteiger partial charge in [-0.3, -0.25) is 4.79 Å². The molecule has 0 heterocycles. The van der Waals surface area contributed by atoms with Crippen LogP contribution in [0.4, 0.5) is 0 Å². The van der Waals surface area contributed by atoms with Gasteiger partial charge in [0.15, 0.2) is 0 Å². The fraction of sp³-hybridized carbons (Fsp3) is 0.833. The Balaban J connectivity index is 4.26. The van der Waals surface area contributed by atoms with Crippen molar-refractivity contribution in [1.82, 2.24) is 0 Å². The van der Waals surface area contributed by atoms with E-state index in [1.54, 1.807) is 20.8 Å². The van der Waals surface area contributed by atoms with Gasteiger partial charge in [-0.2, -0.15) is 8.42 Å². The average Bonchev–Trinajstić information content (AvgIpc) is 1.55. The molecule has 0 unspecified atom stereocenters. The molecule has 0 saturated carbocycles. The van der Waals surface area contributed by atoms with Gasteiger partial charge in [-0.1, -0.05) is 20.8 Å². The van der Waals surface area contributed by atoms with Crippen LogP contribution in [0.2, 0.25) is 0 Å². The van der Waals surface area contributed by atoms with Crippen molar-refractivity contribution in [2.75, 3.05) is 5.75 Å². The Bertz CT molecular complexity index is 221. The van der Waals surface area contributed by atoms with E-state index in [-0.39, 0.29) is 17.6 Å². The third kappa shape index (κ3) is 5.84. The molecule has 0 aromatic carbocycles. The predicted molar refractivity (Wildman–Crippen MR) is 40.4 cm³/mol. The Labute approximate surface area is 66.7 Å². The highest BCUT2D eigenvalue weighted by Crippen LogP contribution is 2.16. The predicted octanol–water partition coefficient (Wildman–Crippen LogP) is 0.535. The van der Waals surface area contributed by atoms with Gasteiger partial charge in [0.2, 0.25) is 0 Å². The van der Waals surface area contributed by atoms with Gasteiger partial charge in [0.25, 0.3) is 0 Å². The molecule has 0 spiro atoms. The van der Waals surface area contributed by atoms with Crippen LogP contribution in [-0.2, 0) is 19.1 Å². The first-order chi connectivity index (χ1) is 4.77. The second kappa shape index (κ2) is 3.21. The zero-order chi connectivity index (χ0) is 9.12. The highest BCUT2D eigenvalue weighted by molar-refractivity contribution is 7.87. The van der Waals surface area contributed by atoms with Gasteiger partial charge in [0.05, 0.1) is 5.75 Å². The molecule has 0 amide bonds. The first kappa shape index (κ1) is 10.4. The smallest absolute Gasteiger partial charge is 0.311 e. The summed E-state index contributed by atoms with van der Waals surface area (Å²) in [6, 6.07) is 0. The fourth-order valence-corrected chi connectivity index (χ4v) is 1.87. The highest BCUT2D eigenvalue weighted by Gasteiger charge is 2.22. The van der Waals surface area contributed by atoms with Crippen molar-refractivity contribution in [2.24, 2.45) is 5.41 Å². The van der Waals surface area contributed by atoms with Crippen molar-refractivity contribution in [3.63, 3.8) is 0 Å². The second-order valence-corrected chi connectivity index (χ2v) is 5.05. The number of hydrogen-bond acceptors (Lipinski definition) is 4. The normalized spacial score (nSPS) is 12.6. The minimum absolute atomic E-state index is 0.0684. The van der Waals surface area contributed by atoms with Crippen LogP contribution in [0.5, 0.6) is 0 Å². The summed E-state index contributed by atoms with van der Waals surface area (Å²) < 4.78 is 25.5. The summed E-state index contributed by atoms with van der Waals surface area (Å²) in [4.78, 5) is 9.70. The van der Waals surface area contributed by atoms with Crippen LogP contribution in [0, 0.1) is 5.41 Å². The van der Waals surface area contributed by atoms with Crippen LogP contribution in [0.1, 0.15) is 20.8 Å². The molecule has 0 N–H and O–H groups in total. The lowest BCUT2D eigenvalue weighted by Gasteiger charge is -2.15. The molecule has 66 valence electrons. The number of hydrogen-bond donors (Lipinski definition) is 0. The largest absolute Gasteiger partial charge is 0.348 e. The van der Waals surface area contributed by atoms with Gasteiger partial charge < -0.3 is 4.18 Å². The molecule has 0 aliphatic carbocycles. The van der Waals surface area contributed by atoms with E-state index in [2.05, 4.69) is 4.18 Å². The number of carbonyl (C=O) groups excluding carboxylic acids is 1. The van der Waals surface area contributed by atoms with Crippen LogP contribution < -0.4 is 0 Å². The monoisotopic (exact) mass is 180 g/mol. The Hall–Kier alpha value is -0.580. The summed E-state index contributed by atoms with van der Waals surface area (Å²) in [6.45, 7) is 5.18. The van der Waals surface area contributed by atoms with Crippen LogP contribution in [0.3, 0.4) is 0 Å². The lowest BCUT2D eigenvalue weighted by molar-refractivity contribution is -0.120. The van der Waals surface area contributed by atoms with Crippen molar-refractivity contribution in [2.45, 2.75) is 20.8 Å². The van der Waals surface area contributed by atoms with E-state index in [0.717, 1.165) is 0 Å². The van der Waals surface area contributed by atoms with E-state index in [4.69, 9.17) is 0 Å². The molecule has 4 nitrogen and oxygen atoms in total. The van der Waals surface area contributed by atoms with Gasteiger partial charge >= 0.3 is 16.6 Å². The van der Waals surface area contributed by atoms with E-state index in [1.807, 2.05) is 0 Å². The van der Waals surface area contributed by atoms with Crippen molar-refractivity contribution >= 4 is 16.6 Å². The summed E-state index contributed by atoms with van der Waals surface area (Å²) >= 11 is 0. The zero-order valence-electron chi connectivity index (χ0n) is 6.83. The van der Waals surface area contributed by atoms with Gasteiger partial charge in [0, 0.05) is 0 Å². The molecule has 0 atom stereocenters. The molecule has 0 aromatic heterocycles. The molecule has 0 aliphatic rings.